The summed E-state index contributed by atoms with van der Waals surface area (Å²) in [7, 11) is 0. The lowest BCUT2D eigenvalue weighted by Gasteiger charge is -2.19. The van der Waals surface area contributed by atoms with Gasteiger partial charge >= 0.3 is 0 Å². The van der Waals surface area contributed by atoms with Crippen LogP contribution in [-0.4, -0.2) is 20.5 Å². The van der Waals surface area contributed by atoms with Gasteiger partial charge in [-0.15, -0.1) is 0 Å². The third-order valence-corrected chi connectivity index (χ3v) is 5.05. The van der Waals surface area contributed by atoms with Crippen LogP contribution in [0.25, 0.3) is 5.65 Å². The fourth-order valence-electron chi connectivity index (χ4n) is 3.55. The third-order valence-electron chi connectivity index (χ3n) is 5.05. The second kappa shape index (κ2) is 8.66. The molecule has 2 heterocycles. The van der Waals surface area contributed by atoms with Crippen molar-refractivity contribution in [2.45, 2.75) is 52.5 Å². The molecule has 0 radical (unpaired) electrons. The molecule has 0 fully saturated rings. The number of fused-ring (bicyclic) bond motifs is 1. The van der Waals surface area contributed by atoms with E-state index < -0.39 is 0 Å². The van der Waals surface area contributed by atoms with E-state index >= 15 is 0 Å². The van der Waals surface area contributed by atoms with Gasteiger partial charge in [-0.25, -0.2) is 9.50 Å². The van der Waals surface area contributed by atoms with Crippen molar-refractivity contribution < 1.29 is 4.79 Å². The zero-order chi connectivity index (χ0) is 20.1. The molecule has 0 aliphatic carbocycles. The summed E-state index contributed by atoms with van der Waals surface area (Å²) >= 11 is 0. The predicted octanol–water partition coefficient (Wildman–Crippen LogP) is 3.81. The molecule has 1 aromatic carbocycles. The number of nitrogens with zero attached hydrogens (tertiary/aromatic N) is 4. The van der Waals surface area contributed by atoms with Crippen molar-refractivity contribution in [3.63, 3.8) is 0 Å². The highest BCUT2D eigenvalue weighted by Crippen LogP contribution is 2.20. The normalized spacial score (nSPS) is 11.9. The minimum Gasteiger partial charge on any atom is -0.349 e. The summed E-state index contributed by atoms with van der Waals surface area (Å²) in [5.74, 6) is 0.0272. The Morgan fingerprint density at radius 3 is 2.71 bits per heavy atom. The van der Waals surface area contributed by atoms with Crippen LogP contribution in [0.1, 0.15) is 60.3 Å². The van der Waals surface area contributed by atoms with E-state index in [0.29, 0.717) is 24.1 Å². The summed E-state index contributed by atoms with van der Waals surface area (Å²) in [6.45, 7) is 5.99. The molecule has 0 aliphatic rings. The van der Waals surface area contributed by atoms with Crippen molar-refractivity contribution >= 4 is 11.6 Å². The molecular formula is C22H25N5O. The molecule has 0 spiro atoms. The first kappa shape index (κ1) is 19.6. The molecule has 28 heavy (non-hydrogen) atoms. The van der Waals surface area contributed by atoms with Crippen molar-refractivity contribution in [1.29, 1.82) is 5.26 Å². The molecule has 0 bridgehead atoms. The maximum Gasteiger partial charge on any atom is 0.220 e. The van der Waals surface area contributed by atoms with Gasteiger partial charge in [0.15, 0.2) is 5.65 Å². The van der Waals surface area contributed by atoms with E-state index in [9.17, 15) is 10.1 Å². The van der Waals surface area contributed by atoms with Crippen molar-refractivity contribution in [2.24, 2.45) is 0 Å². The van der Waals surface area contributed by atoms with Crippen molar-refractivity contribution in [3.05, 3.63) is 64.6 Å². The SMILES string of the molecule is CCCC(NC(=O)CCc1c(C)nc2c(C#N)cnn2c1C)c1ccccc1. The van der Waals surface area contributed by atoms with Gasteiger partial charge in [-0.2, -0.15) is 10.4 Å². The number of hydrogen-bond donors (Lipinski definition) is 1. The molecule has 3 rings (SSSR count). The second-order valence-electron chi connectivity index (χ2n) is 6.99. The van der Waals surface area contributed by atoms with Crippen LogP contribution in [0, 0.1) is 25.2 Å². The average molecular weight is 375 g/mol. The first-order valence-corrected chi connectivity index (χ1v) is 9.63. The quantitative estimate of drug-likeness (QED) is 0.681. The summed E-state index contributed by atoms with van der Waals surface area (Å²) in [6.07, 6.45) is 4.40. The largest absolute Gasteiger partial charge is 0.349 e. The highest BCUT2D eigenvalue weighted by Gasteiger charge is 2.17. The number of rotatable bonds is 7. The monoisotopic (exact) mass is 375 g/mol. The molecular weight excluding hydrogens is 350 g/mol. The summed E-state index contributed by atoms with van der Waals surface area (Å²) in [5, 5.41) is 16.6. The molecule has 0 aliphatic heterocycles. The van der Waals surface area contributed by atoms with E-state index in [0.717, 1.165) is 35.4 Å². The number of carbonyl (C=O) groups excluding carboxylic acids is 1. The Morgan fingerprint density at radius 2 is 2.04 bits per heavy atom. The number of benzene rings is 1. The number of hydrogen-bond acceptors (Lipinski definition) is 4. The van der Waals surface area contributed by atoms with Crippen molar-refractivity contribution in [2.75, 3.05) is 0 Å². The zero-order valence-corrected chi connectivity index (χ0v) is 16.6. The summed E-state index contributed by atoms with van der Waals surface area (Å²) in [4.78, 5) is 17.1. The standard InChI is InChI=1S/C22H25N5O/c1-4-8-20(17-9-6-5-7-10-17)26-21(28)12-11-19-15(2)25-22-18(13-23)14-24-27(22)16(19)3/h5-7,9-10,14,20H,4,8,11-12H2,1-3H3,(H,26,28). The van der Waals surface area contributed by atoms with E-state index in [-0.39, 0.29) is 11.9 Å². The first-order chi connectivity index (χ1) is 13.5. The second-order valence-corrected chi connectivity index (χ2v) is 6.99. The lowest BCUT2D eigenvalue weighted by Crippen LogP contribution is -2.28. The Morgan fingerprint density at radius 1 is 1.29 bits per heavy atom. The molecule has 1 amide bonds. The van der Waals surface area contributed by atoms with Crippen molar-refractivity contribution in [1.82, 2.24) is 19.9 Å². The van der Waals surface area contributed by atoms with E-state index in [1.54, 1.807) is 4.52 Å². The number of aromatic nitrogens is 3. The minimum atomic E-state index is 0.0272. The molecule has 1 atom stereocenters. The van der Waals surface area contributed by atoms with Gasteiger partial charge in [0.05, 0.1) is 12.2 Å². The van der Waals surface area contributed by atoms with Gasteiger partial charge in [-0.3, -0.25) is 4.79 Å². The zero-order valence-electron chi connectivity index (χ0n) is 16.6. The topological polar surface area (TPSA) is 83.1 Å². The molecule has 1 unspecified atom stereocenters. The van der Waals surface area contributed by atoms with Crippen LogP contribution in [0.3, 0.4) is 0 Å². The Kier molecular flexibility index (Phi) is 6.05. The van der Waals surface area contributed by atoms with Crippen LogP contribution < -0.4 is 5.32 Å². The summed E-state index contributed by atoms with van der Waals surface area (Å²) < 4.78 is 1.68. The van der Waals surface area contributed by atoms with Gasteiger partial charge in [0.25, 0.3) is 0 Å². The lowest BCUT2D eigenvalue weighted by atomic mass is 10.0. The maximum atomic E-state index is 12.6. The fraction of sp³-hybridized carbons (Fsp3) is 0.364. The number of carbonyl (C=O) groups is 1. The maximum absolute atomic E-state index is 12.6. The van der Waals surface area contributed by atoms with Crippen LogP contribution in [-0.2, 0) is 11.2 Å². The summed E-state index contributed by atoms with van der Waals surface area (Å²) in [6, 6.07) is 12.2. The van der Waals surface area contributed by atoms with Gasteiger partial charge in [0, 0.05) is 17.8 Å². The molecule has 144 valence electrons. The van der Waals surface area contributed by atoms with Crippen LogP contribution in [0.5, 0.6) is 0 Å². The van der Waals surface area contributed by atoms with Gasteiger partial charge < -0.3 is 5.32 Å². The van der Waals surface area contributed by atoms with Gasteiger partial charge in [-0.1, -0.05) is 43.7 Å². The smallest absolute Gasteiger partial charge is 0.220 e. The average Bonchev–Trinajstić information content (AvgIpc) is 3.11. The van der Waals surface area contributed by atoms with Crippen LogP contribution in [0.4, 0.5) is 0 Å². The summed E-state index contributed by atoms with van der Waals surface area (Å²) in [5.41, 5.74) is 4.92. The number of amides is 1. The molecule has 1 N–H and O–H groups in total. The van der Waals surface area contributed by atoms with Gasteiger partial charge in [0.2, 0.25) is 5.91 Å². The Bertz CT molecular complexity index is 1020. The molecule has 3 aromatic rings. The van der Waals surface area contributed by atoms with Gasteiger partial charge in [-0.05, 0) is 37.8 Å². The molecule has 2 aromatic heterocycles. The number of aryl methyl sites for hydroxylation is 2. The Hall–Kier alpha value is -3.20. The van der Waals surface area contributed by atoms with Crippen molar-refractivity contribution in [3.8, 4) is 6.07 Å². The van der Waals surface area contributed by atoms with Crippen LogP contribution in [0.15, 0.2) is 36.5 Å². The Balaban J connectivity index is 1.73. The molecule has 6 nitrogen and oxygen atoms in total. The molecule has 0 saturated heterocycles. The molecule has 0 saturated carbocycles. The highest BCUT2D eigenvalue weighted by molar-refractivity contribution is 5.76. The highest BCUT2D eigenvalue weighted by atomic mass is 16.1. The molecule has 6 heteroatoms. The van der Waals surface area contributed by atoms with Gasteiger partial charge in [0.1, 0.15) is 11.6 Å². The predicted molar refractivity (Wildman–Crippen MR) is 108 cm³/mol. The van der Waals surface area contributed by atoms with E-state index in [2.05, 4.69) is 40.5 Å². The fourth-order valence-corrected chi connectivity index (χ4v) is 3.55. The number of nitrogens with one attached hydrogen (secondary N) is 1. The Labute approximate surface area is 165 Å². The number of nitriles is 1. The lowest BCUT2D eigenvalue weighted by molar-refractivity contribution is -0.121. The van der Waals surface area contributed by atoms with E-state index in [4.69, 9.17) is 0 Å². The minimum absolute atomic E-state index is 0.0272. The first-order valence-electron chi connectivity index (χ1n) is 9.63. The van der Waals surface area contributed by atoms with Crippen LogP contribution >= 0.6 is 0 Å². The third kappa shape index (κ3) is 4.04. The van der Waals surface area contributed by atoms with Crippen LogP contribution in [0.2, 0.25) is 0 Å². The van der Waals surface area contributed by atoms with E-state index in [1.807, 2.05) is 32.0 Å². The van der Waals surface area contributed by atoms with E-state index in [1.165, 1.54) is 6.20 Å².